The SMILES string of the molecule is CC.CC.CN1c2ccccc2Cc2ccccc21.CN1c2ccccc2Cc2ccccc21.Cn1c2ccccc2c2ccccc21. The van der Waals surface area contributed by atoms with Gasteiger partial charge in [-0.15, -0.1) is 0 Å². The van der Waals surface area contributed by atoms with Gasteiger partial charge in [-0.2, -0.15) is 0 Å². The summed E-state index contributed by atoms with van der Waals surface area (Å²) in [5.74, 6) is 0. The zero-order valence-electron chi connectivity index (χ0n) is 29.6. The van der Waals surface area contributed by atoms with Crippen LogP contribution in [0.1, 0.15) is 49.9 Å². The van der Waals surface area contributed by atoms with Crippen molar-refractivity contribution in [2.75, 3.05) is 23.9 Å². The largest absolute Gasteiger partial charge is 0.344 e. The maximum atomic E-state index is 2.27. The lowest BCUT2D eigenvalue weighted by molar-refractivity contribution is 1.01. The van der Waals surface area contributed by atoms with Crippen molar-refractivity contribution in [3.63, 3.8) is 0 Å². The number of anilines is 4. The molecule has 2 aliphatic rings. The maximum absolute atomic E-state index is 2.27. The average Bonchev–Trinajstić information content (AvgIpc) is 3.46. The fourth-order valence-electron chi connectivity index (χ4n) is 6.74. The van der Waals surface area contributed by atoms with Crippen LogP contribution in [0.2, 0.25) is 0 Å². The second-order valence-electron chi connectivity index (χ2n) is 11.6. The molecule has 0 aliphatic carbocycles. The van der Waals surface area contributed by atoms with Gasteiger partial charge in [0.2, 0.25) is 0 Å². The molecule has 2 aliphatic heterocycles. The minimum absolute atomic E-state index is 1.05. The summed E-state index contributed by atoms with van der Waals surface area (Å²) in [5.41, 5.74) is 13.6. The van der Waals surface area contributed by atoms with Gasteiger partial charge in [-0.05, 0) is 58.7 Å². The van der Waals surface area contributed by atoms with E-state index >= 15 is 0 Å². The van der Waals surface area contributed by atoms with Gasteiger partial charge in [0.05, 0.1) is 0 Å². The minimum atomic E-state index is 1.05. The van der Waals surface area contributed by atoms with Crippen LogP contribution in [-0.4, -0.2) is 18.7 Å². The molecule has 0 saturated carbocycles. The summed E-state index contributed by atoms with van der Waals surface area (Å²) < 4.78 is 2.24. The van der Waals surface area contributed by atoms with Crippen LogP contribution in [0, 0.1) is 0 Å². The highest BCUT2D eigenvalue weighted by molar-refractivity contribution is 6.07. The van der Waals surface area contributed by atoms with Crippen LogP contribution in [0.3, 0.4) is 0 Å². The van der Waals surface area contributed by atoms with Gasteiger partial charge in [-0.25, -0.2) is 0 Å². The van der Waals surface area contributed by atoms with E-state index in [1.165, 1.54) is 66.8 Å². The van der Waals surface area contributed by atoms with Gasteiger partial charge in [0.25, 0.3) is 0 Å². The quantitative estimate of drug-likeness (QED) is 0.165. The molecule has 0 saturated heterocycles. The first-order valence-corrected chi connectivity index (χ1v) is 17.3. The first-order valence-electron chi connectivity index (χ1n) is 17.3. The van der Waals surface area contributed by atoms with E-state index in [0.717, 1.165) is 12.8 Å². The van der Waals surface area contributed by atoms with Crippen molar-refractivity contribution in [3.8, 4) is 0 Å². The summed E-state index contributed by atoms with van der Waals surface area (Å²) in [5, 5.41) is 2.68. The van der Waals surface area contributed by atoms with Gasteiger partial charge in [0.15, 0.2) is 0 Å². The van der Waals surface area contributed by atoms with E-state index in [9.17, 15) is 0 Å². The van der Waals surface area contributed by atoms with E-state index in [4.69, 9.17) is 0 Å². The molecule has 0 radical (unpaired) electrons. The van der Waals surface area contributed by atoms with E-state index in [1.54, 1.807) is 0 Å². The van der Waals surface area contributed by atoms with E-state index in [2.05, 4.69) is 181 Å². The predicted molar refractivity (Wildman–Crippen MR) is 211 cm³/mol. The molecule has 3 heterocycles. The summed E-state index contributed by atoms with van der Waals surface area (Å²) in [4.78, 5) is 4.54. The van der Waals surface area contributed by atoms with Gasteiger partial charge >= 0.3 is 0 Å². The zero-order chi connectivity index (χ0) is 34.0. The van der Waals surface area contributed by atoms with Crippen LogP contribution in [-0.2, 0) is 19.9 Å². The Bertz CT molecular complexity index is 1850. The molecule has 244 valence electrons. The maximum Gasteiger partial charge on any atom is 0.0488 e. The number of hydrogen-bond acceptors (Lipinski definition) is 2. The first-order chi connectivity index (χ1) is 23.6. The van der Waals surface area contributed by atoms with Crippen molar-refractivity contribution >= 4 is 44.6 Å². The third kappa shape index (κ3) is 6.87. The van der Waals surface area contributed by atoms with Crippen molar-refractivity contribution in [1.82, 2.24) is 4.57 Å². The standard InChI is InChI=1S/2C14H13N.C13H11N.2C2H6/c2*1-15-13-8-4-2-6-11(13)10-12-7-3-5-9-14(12)15;1-14-12-8-4-2-6-10(12)11-7-3-5-9-13(11)14;2*1-2/h2*2-9H,10H2,1H3;2-9H,1H3;2*1-2H3. The van der Waals surface area contributed by atoms with Crippen molar-refractivity contribution < 1.29 is 0 Å². The van der Waals surface area contributed by atoms with Crippen molar-refractivity contribution in [2.24, 2.45) is 7.05 Å². The Morgan fingerprint density at radius 2 is 0.583 bits per heavy atom. The highest BCUT2D eigenvalue weighted by Gasteiger charge is 2.19. The lowest BCUT2D eigenvalue weighted by Gasteiger charge is -2.29. The lowest BCUT2D eigenvalue weighted by atomic mass is 9.96. The normalized spacial score (nSPS) is 11.8. The van der Waals surface area contributed by atoms with Gasteiger partial charge in [-0.3, -0.25) is 0 Å². The van der Waals surface area contributed by atoms with Crippen LogP contribution < -0.4 is 9.80 Å². The molecule has 0 unspecified atom stereocenters. The molecule has 0 spiro atoms. The summed E-state index contributed by atoms with van der Waals surface area (Å²) in [6.45, 7) is 8.00. The molecule has 3 nitrogen and oxygen atoms in total. The number of aromatic nitrogens is 1. The number of benzene rings is 6. The third-order valence-corrected chi connectivity index (χ3v) is 8.99. The molecule has 0 amide bonds. The molecule has 6 aromatic carbocycles. The van der Waals surface area contributed by atoms with E-state index in [1.807, 2.05) is 27.7 Å². The summed E-state index contributed by atoms with van der Waals surface area (Å²) in [6, 6.07) is 51.5. The lowest BCUT2D eigenvalue weighted by Crippen LogP contribution is -2.18. The zero-order valence-corrected chi connectivity index (χ0v) is 29.6. The van der Waals surface area contributed by atoms with Crippen LogP contribution in [0.15, 0.2) is 146 Å². The number of nitrogens with zero attached hydrogens (tertiary/aromatic N) is 3. The number of rotatable bonds is 0. The van der Waals surface area contributed by atoms with Gasteiger partial charge in [0, 0.05) is 78.5 Å². The Morgan fingerprint density at radius 3 is 0.896 bits per heavy atom. The van der Waals surface area contributed by atoms with E-state index < -0.39 is 0 Å². The van der Waals surface area contributed by atoms with Crippen molar-refractivity contribution in [1.29, 1.82) is 0 Å². The van der Waals surface area contributed by atoms with Gasteiger partial charge < -0.3 is 14.4 Å². The van der Waals surface area contributed by atoms with Crippen molar-refractivity contribution in [3.05, 3.63) is 168 Å². The van der Waals surface area contributed by atoms with Crippen LogP contribution in [0.25, 0.3) is 21.8 Å². The minimum Gasteiger partial charge on any atom is -0.344 e. The number of hydrogen-bond donors (Lipinski definition) is 0. The molecule has 0 atom stereocenters. The van der Waals surface area contributed by atoms with Crippen molar-refractivity contribution in [2.45, 2.75) is 40.5 Å². The summed E-state index contributed by atoms with van der Waals surface area (Å²) >= 11 is 0. The molecule has 48 heavy (non-hydrogen) atoms. The highest BCUT2D eigenvalue weighted by atomic mass is 15.1. The monoisotopic (exact) mass is 631 g/mol. The number of para-hydroxylation sites is 6. The predicted octanol–water partition coefficient (Wildman–Crippen LogP) is 12.1. The molecule has 9 rings (SSSR count). The molecule has 7 aromatic rings. The Labute approximate surface area is 287 Å². The van der Waals surface area contributed by atoms with Crippen LogP contribution in [0.4, 0.5) is 22.7 Å². The Morgan fingerprint density at radius 1 is 0.333 bits per heavy atom. The summed E-state index contributed by atoms with van der Waals surface area (Å²) in [7, 11) is 6.39. The molecular formula is C45H49N3. The fourth-order valence-corrected chi connectivity index (χ4v) is 6.74. The first kappa shape index (κ1) is 34.1. The van der Waals surface area contributed by atoms with Crippen LogP contribution in [0.5, 0.6) is 0 Å². The Kier molecular flexibility index (Phi) is 11.4. The molecule has 3 heteroatoms. The number of fused-ring (bicyclic) bond motifs is 7. The molecule has 1 aromatic heterocycles. The molecule has 0 fully saturated rings. The third-order valence-electron chi connectivity index (χ3n) is 8.99. The molecular weight excluding hydrogens is 583 g/mol. The average molecular weight is 632 g/mol. The van der Waals surface area contributed by atoms with E-state index in [-0.39, 0.29) is 0 Å². The second-order valence-corrected chi connectivity index (χ2v) is 11.6. The van der Waals surface area contributed by atoms with Gasteiger partial charge in [0.1, 0.15) is 0 Å². The van der Waals surface area contributed by atoms with E-state index in [0.29, 0.717) is 0 Å². The highest BCUT2D eigenvalue weighted by Crippen LogP contribution is 2.38. The smallest absolute Gasteiger partial charge is 0.0488 e. The fraction of sp³-hybridized carbons (Fsp3) is 0.200. The Hall–Kier alpha value is -5.28. The number of aryl methyl sites for hydroxylation is 1. The summed E-state index contributed by atoms with van der Waals surface area (Å²) in [6.07, 6.45) is 2.10. The molecule has 0 bridgehead atoms. The molecule has 0 N–H and O–H groups in total. The second kappa shape index (κ2) is 16.0. The Balaban J connectivity index is 0.000000134. The topological polar surface area (TPSA) is 11.4 Å². The van der Waals surface area contributed by atoms with Crippen LogP contribution >= 0.6 is 0 Å². The van der Waals surface area contributed by atoms with Gasteiger partial charge in [-0.1, -0.05) is 137 Å².